The van der Waals surface area contributed by atoms with Crippen molar-refractivity contribution in [1.82, 2.24) is 39.9 Å². The lowest BCUT2D eigenvalue weighted by atomic mass is 10.1. The first-order chi connectivity index (χ1) is 15.3. The number of rotatable bonds is 4. The lowest BCUT2D eigenvalue weighted by Crippen LogP contribution is -2.37. The first kappa shape index (κ1) is 18.0. The summed E-state index contributed by atoms with van der Waals surface area (Å²) in [6.07, 6.45) is 13.0. The molecular weight excluding hydrogens is 392 g/mol. The van der Waals surface area contributed by atoms with Crippen molar-refractivity contribution in [3.63, 3.8) is 0 Å². The number of hydrogen-bond acceptors (Lipinski definition) is 7. The number of aromatic nitrogens is 7. The molecule has 9 nitrogen and oxygen atoms in total. The maximum atomic E-state index is 6.04. The van der Waals surface area contributed by atoms with Gasteiger partial charge in [0.1, 0.15) is 17.5 Å². The number of fused-ring (bicyclic) bond motifs is 2. The molecule has 0 bridgehead atoms. The van der Waals surface area contributed by atoms with Gasteiger partial charge < -0.3 is 14.5 Å². The summed E-state index contributed by atoms with van der Waals surface area (Å²) < 4.78 is 7.99. The monoisotopic (exact) mass is 412 g/mol. The van der Waals surface area contributed by atoms with E-state index in [4.69, 9.17) is 4.74 Å². The van der Waals surface area contributed by atoms with Gasteiger partial charge in [0.2, 0.25) is 5.88 Å². The normalized spacial score (nSPS) is 16.7. The zero-order chi connectivity index (χ0) is 20.6. The molecule has 1 fully saturated rings. The molecule has 2 N–H and O–H groups in total. The van der Waals surface area contributed by atoms with Crippen LogP contribution in [0.1, 0.15) is 12.8 Å². The fraction of sp³-hybridized carbons (Fsp3) is 0.227. The van der Waals surface area contributed by atoms with Crippen LogP contribution in [0, 0.1) is 0 Å². The molecule has 9 heteroatoms. The van der Waals surface area contributed by atoms with Crippen LogP contribution in [0.5, 0.6) is 5.88 Å². The Kier molecular flexibility index (Phi) is 4.31. The summed E-state index contributed by atoms with van der Waals surface area (Å²) in [6, 6.07) is 6.10. The van der Waals surface area contributed by atoms with Crippen LogP contribution in [-0.2, 0) is 0 Å². The van der Waals surface area contributed by atoms with E-state index in [2.05, 4.69) is 41.5 Å². The minimum absolute atomic E-state index is 0.116. The summed E-state index contributed by atoms with van der Waals surface area (Å²) in [6.45, 7) is 1.87. The molecule has 4 aromatic heterocycles. The van der Waals surface area contributed by atoms with E-state index < -0.39 is 0 Å². The van der Waals surface area contributed by atoms with Gasteiger partial charge in [0.05, 0.1) is 29.8 Å². The smallest absolute Gasteiger partial charge is 0.233 e. The lowest BCUT2D eigenvalue weighted by Gasteiger charge is -2.23. The van der Waals surface area contributed by atoms with Gasteiger partial charge >= 0.3 is 0 Å². The Hall–Kier alpha value is -3.85. The van der Waals surface area contributed by atoms with Crippen LogP contribution in [-0.4, -0.2) is 53.7 Å². The number of benzene rings is 1. The van der Waals surface area contributed by atoms with Crippen LogP contribution >= 0.6 is 0 Å². The Morgan fingerprint density at radius 3 is 3.03 bits per heavy atom. The Morgan fingerprint density at radius 2 is 2.10 bits per heavy atom. The lowest BCUT2D eigenvalue weighted by molar-refractivity contribution is 0.160. The van der Waals surface area contributed by atoms with Crippen LogP contribution in [0.15, 0.2) is 55.4 Å². The van der Waals surface area contributed by atoms with Crippen molar-refractivity contribution in [2.75, 3.05) is 13.1 Å². The van der Waals surface area contributed by atoms with Gasteiger partial charge in [0.25, 0.3) is 0 Å². The molecule has 5 heterocycles. The zero-order valence-corrected chi connectivity index (χ0v) is 16.7. The molecule has 0 aliphatic carbocycles. The van der Waals surface area contributed by atoms with Crippen LogP contribution < -0.4 is 10.1 Å². The van der Waals surface area contributed by atoms with Gasteiger partial charge in [-0.25, -0.2) is 9.97 Å². The zero-order valence-electron chi connectivity index (χ0n) is 16.7. The molecule has 1 aliphatic rings. The molecule has 5 aromatic rings. The van der Waals surface area contributed by atoms with Gasteiger partial charge in [-0.15, -0.1) is 0 Å². The van der Waals surface area contributed by atoms with E-state index in [9.17, 15) is 0 Å². The number of nitrogens with zero attached hydrogens (tertiary/aromatic N) is 6. The van der Waals surface area contributed by atoms with E-state index in [1.807, 2.05) is 28.9 Å². The minimum atomic E-state index is 0.116. The molecule has 0 radical (unpaired) electrons. The van der Waals surface area contributed by atoms with Crippen LogP contribution in [0.25, 0.3) is 39.2 Å². The number of H-pyrrole nitrogens is 1. The van der Waals surface area contributed by atoms with Gasteiger partial charge in [0, 0.05) is 36.1 Å². The molecule has 1 aliphatic heterocycles. The third-order valence-electron chi connectivity index (χ3n) is 5.53. The van der Waals surface area contributed by atoms with E-state index >= 15 is 0 Å². The molecule has 154 valence electrons. The van der Waals surface area contributed by atoms with E-state index in [-0.39, 0.29) is 6.10 Å². The molecule has 0 spiro atoms. The summed E-state index contributed by atoms with van der Waals surface area (Å²) in [4.78, 5) is 17.8. The highest BCUT2D eigenvalue weighted by Crippen LogP contribution is 2.29. The Labute approximate surface area is 177 Å². The summed E-state index contributed by atoms with van der Waals surface area (Å²) in [7, 11) is 0. The second-order valence-corrected chi connectivity index (χ2v) is 7.63. The summed E-state index contributed by atoms with van der Waals surface area (Å²) >= 11 is 0. The standard InChI is InChI=1S/C22H20N8O/c1-2-15(9-23-5-1)31-21-12-24-10-18(27-21)22-16-8-14(3-4-17(16)28-29-22)19-13-30-7-6-25-20(30)11-26-19/h3-4,6-8,10-13,15,23H,1-2,5,9H2,(H,28,29). The summed E-state index contributed by atoms with van der Waals surface area (Å²) in [5.41, 5.74) is 4.98. The largest absolute Gasteiger partial charge is 0.472 e. The number of ether oxygens (including phenoxy) is 1. The van der Waals surface area contributed by atoms with Crippen molar-refractivity contribution >= 4 is 16.6 Å². The first-order valence-electron chi connectivity index (χ1n) is 10.3. The Balaban J connectivity index is 1.36. The van der Waals surface area contributed by atoms with E-state index in [0.717, 1.165) is 59.4 Å². The minimum Gasteiger partial charge on any atom is -0.472 e. The number of nitrogens with one attached hydrogen (secondary N) is 2. The van der Waals surface area contributed by atoms with Crippen molar-refractivity contribution < 1.29 is 4.74 Å². The quantitative estimate of drug-likeness (QED) is 0.467. The van der Waals surface area contributed by atoms with Gasteiger partial charge in [0.15, 0.2) is 5.65 Å². The fourth-order valence-corrected chi connectivity index (χ4v) is 3.95. The topological polar surface area (TPSA) is 106 Å². The molecule has 1 unspecified atom stereocenters. The molecule has 0 amide bonds. The van der Waals surface area contributed by atoms with Gasteiger partial charge in [-0.05, 0) is 31.5 Å². The first-order valence-corrected chi connectivity index (χ1v) is 10.3. The van der Waals surface area contributed by atoms with Crippen molar-refractivity contribution in [3.05, 3.63) is 55.4 Å². The average molecular weight is 412 g/mol. The van der Waals surface area contributed by atoms with Gasteiger partial charge in [-0.1, -0.05) is 6.07 Å². The van der Waals surface area contributed by atoms with Crippen molar-refractivity contribution in [2.24, 2.45) is 0 Å². The van der Waals surface area contributed by atoms with Gasteiger partial charge in [-0.3, -0.25) is 15.1 Å². The highest BCUT2D eigenvalue weighted by atomic mass is 16.5. The average Bonchev–Trinajstić information content (AvgIpc) is 3.46. The van der Waals surface area contributed by atoms with Crippen molar-refractivity contribution in [2.45, 2.75) is 18.9 Å². The summed E-state index contributed by atoms with van der Waals surface area (Å²) in [5.74, 6) is 0.519. The fourth-order valence-electron chi connectivity index (χ4n) is 3.95. The number of hydrogen-bond donors (Lipinski definition) is 2. The molecule has 1 atom stereocenters. The van der Waals surface area contributed by atoms with Crippen molar-refractivity contribution in [3.8, 4) is 28.5 Å². The third-order valence-corrected chi connectivity index (χ3v) is 5.53. The highest BCUT2D eigenvalue weighted by Gasteiger charge is 2.17. The van der Waals surface area contributed by atoms with E-state index in [1.54, 1.807) is 24.8 Å². The SMILES string of the molecule is c1cn2cc(-c3ccc4[nH]nc(-c5cncc(OC6CCCNC6)n5)c4c3)ncc2n1. The highest BCUT2D eigenvalue weighted by molar-refractivity contribution is 5.94. The maximum absolute atomic E-state index is 6.04. The molecule has 1 aromatic carbocycles. The molecule has 1 saturated heterocycles. The maximum Gasteiger partial charge on any atom is 0.233 e. The predicted molar refractivity (Wildman–Crippen MR) is 116 cm³/mol. The Bertz CT molecular complexity index is 1370. The number of piperidine rings is 1. The van der Waals surface area contributed by atoms with Gasteiger partial charge in [-0.2, -0.15) is 5.10 Å². The van der Waals surface area contributed by atoms with E-state index in [1.165, 1.54) is 0 Å². The second kappa shape index (κ2) is 7.44. The third kappa shape index (κ3) is 3.38. The number of aromatic amines is 1. The van der Waals surface area contributed by atoms with Crippen molar-refractivity contribution in [1.29, 1.82) is 0 Å². The Morgan fingerprint density at radius 1 is 1.10 bits per heavy atom. The number of imidazole rings is 1. The van der Waals surface area contributed by atoms with Crippen LogP contribution in [0.4, 0.5) is 0 Å². The molecular formula is C22H20N8O. The predicted octanol–water partition coefficient (Wildman–Crippen LogP) is 2.86. The van der Waals surface area contributed by atoms with Crippen LogP contribution in [0.2, 0.25) is 0 Å². The molecule has 0 saturated carbocycles. The molecule has 6 rings (SSSR count). The summed E-state index contributed by atoms with van der Waals surface area (Å²) in [5, 5.41) is 11.9. The van der Waals surface area contributed by atoms with E-state index in [0.29, 0.717) is 11.6 Å². The van der Waals surface area contributed by atoms with Crippen LogP contribution in [0.3, 0.4) is 0 Å². The molecule has 31 heavy (non-hydrogen) atoms. The second-order valence-electron chi connectivity index (χ2n) is 7.63.